The summed E-state index contributed by atoms with van der Waals surface area (Å²) in [4.78, 5) is 0. The Hall–Kier alpha value is -2.71. The van der Waals surface area contributed by atoms with Crippen molar-refractivity contribution in [3.05, 3.63) is 84.9 Å². The van der Waals surface area contributed by atoms with Crippen molar-refractivity contribution in [2.45, 2.75) is 0 Å². The molecular weight excluding hydrogens is 311 g/mol. The molecular formula is C18H15O4P. The van der Waals surface area contributed by atoms with Crippen LogP contribution in [0.15, 0.2) is 84.9 Å². The molecule has 0 spiro atoms. The number of rotatable bonds is 6. The topological polar surface area (TPSA) is 47.9 Å². The van der Waals surface area contributed by atoms with Crippen molar-refractivity contribution in [3.8, 4) is 23.0 Å². The summed E-state index contributed by atoms with van der Waals surface area (Å²) in [6, 6.07) is 25.1. The van der Waals surface area contributed by atoms with E-state index in [1.54, 1.807) is 24.3 Å². The summed E-state index contributed by atoms with van der Waals surface area (Å²) in [6.07, 6.45) is 0. The molecule has 0 atom stereocenters. The highest BCUT2D eigenvalue weighted by molar-refractivity contribution is 7.43. The van der Waals surface area contributed by atoms with Crippen LogP contribution in [0.5, 0.6) is 23.0 Å². The highest BCUT2D eigenvalue weighted by Gasteiger charge is 2.19. The van der Waals surface area contributed by atoms with Gasteiger partial charge in [-0.1, -0.05) is 36.4 Å². The van der Waals surface area contributed by atoms with Gasteiger partial charge in [0.1, 0.15) is 23.0 Å². The maximum atomic E-state index is 9.35. The van der Waals surface area contributed by atoms with Gasteiger partial charge in [0.25, 0.3) is 0 Å². The van der Waals surface area contributed by atoms with Crippen LogP contribution in [0.1, 0.15) is 0 Å². The van der Waals surface area contributed by atoms with Crippen molar-refractivity contribution < 1.29 is 18.7 Å². The molecule has 0 saturated carbocycles. The fourth-order valence-electron chi connectivity index (χ4n) is 1.78. The number of benzene rings is 3. The van der Waals surface area contributed by atoms with E-state index in [1.807, 2.05) is 60.7 Å². The van der Waals surface area contributed by atoms with Crippen LogP contribution in [0, 0.1) is 0 Å². The van der Waals surface area contributed by atoms with E-state index in [1.165, 1.54) is 0 Å². The van der Waals surface area contributed by atoms with Gasteiger partial charge in [-0.05, 0) is 48.5 Å². The second-order valence-corrected chi connectivity index (χ2v) is 5.61. The normalized spacial score (nSPS) is 10.3. The zero-order chi connectivity index (χ0) is 15.9. The molecule has 0 aromatic heterocycles. The van der Waals surface area contributed by atoms with Crippen LogP contribution in [0.2, 0.25) is 0 Å². The molecule has 3 aromatic rings. The zero-order valence-corrected chi connectivity index (χ0v) is 13.1. The van der Waals surface area contributed by atoms with Gasteiger partial charge in [-0.3, -0.25) is 0 Å². The first kappa shape index (κ1) is 15.2. The van der Waals surface area contributed by atoms with Crippen LogP contribution >= 0.6 is 8.60 Å². The Kier molecular flexibility index (Phi) is 4.97. The number of hydrogen-bond donors (Lipinski definition) is 1. The maximum absolute atomic E-state index is 9.35. The van der Waals surface area contributed by atoms with Crippen LogP contribution in [-0.4, -0.2) is 5.11 Å². The van der Waals surface area contributed by atoms with Crippen molar-refractivity contribution in [2.75, 3.05) is 0 Å². The van der Waals surface area contributed by atoms with Crippen LogP contribution in [0.25, 0.3) is 0 Å². The molecule has 4 nitrogen and oxygen atoms in total. The summed E-state index contributed by atoms with van der Waals surface area (Å²) in [7, 11) is -1.68. The quantitative estimate of drug-likeness (QED) is 0.636. The molecule has 3 rings (SSSR count). The first-order valence-electron chi connectivity index (χ1n) is 7.03. The van der Waals surface area contributed by atoms with E-state index in [-0.39, 0.29) is 5.75 Å². The molecule has 0 unspecified atom stereocenters. The molecule has 0 aliphatic rings. The number of phenolic OH excluding ortho intramolecular Hbond substituents is 1. The Morgan fingerprint density at radius 1 is 0.522 bits per heavy atom. The van der Waals surface area contributed by atoms with Gasteiger partial charge in [-0.15, -0.1) is 0 Å². The Morgan fingerprint density at radius 2 is 0.913 bits per heavy atom. The summed E-state index contributed by atoms with van der Waals surface area (Å²) >= 11 is 0. The number of aromatic hydroxyl groups is 1. The smallest absolute Gasteiger partial charge is 0.508 e. The Labute approximate surface area is 135 Å². The SMILES string of the molecule is Oc1ccc(OP(Oc2ccccc2)Oc2ccccc2)cc1. The van der Waals surface area contributed by atoms with E-state index in [2.05, 4.69) is 0 Å². The van der Waals surface area contributed by atoms with E-state index in [0.717, 1.165) is 0 Å². The monoisotopic (exact) mass is 326 g/mol. The second kappa shape index (κ2) is 7.52. The summed E-state index contributed by atoms with van der Waals surface area (Å²) in [5.74, 6) is 2.05. The maximum Gasteiger partial charge on any atom is 0.530 e. The van der Waals surface area contributed by atoms with E-state index in [9.17, 15) is 5.11 Å². The second-order valence-electron chi connectivity index (χ2n) is 4.62. The Morgan fingerprint density at radius 3 is 1.35 bits per heavy atom. The first-order chi connectivity index (χ1) is 11.3. The van der Waals surface area contributed by atoms with E-state index in [0.29, 0.717) is 17.2 Å². The van der Waals surface area contributed by atoms with Crippen LogP contribution in [0.3, 0.4) is 0 Å². The number of para-hydroxylation sites is 2. The standard InChI is InChI=1S/C18H15O4P/c19-15-11-13-18(14-12-15)22-23(20-16-7-3-1-4-8-16)21-17-9-5-2-6-10-17/h1-14,19H. The van der Waals surface area contributed by atoms with E-state index < -0.39 is 8.60 Å². The van der Waals surface area contributed by atoms with Crippen LogP contribution in [-0.2, 0) is 0 Å². The zero-order valence-electron chi connectivity index (χ0n) is 12.2. The van der Waals surface area contributed by atoms with Crippen molar-refractivity contribution in [1.82, 2.24) is 0 Å². The molecule has 0 saturated heterocycles. The molecule has 0 aliphatic heterocycles. The van der Waals surface area contributed by atoms with Gasteiger partial charge in [0.15, 0.2) is 0 Å². The fourth-order valence-corrected chi connectivity index (χ4v) is 2.78. The average Bonchev–Trinajstić information content (AvgIpc) is 2.59. The highest BCUT2D eigenvalue weighted by atomic mass is 31.2. The van der Waals surface area contributed by atoms with Crippen molar-refractivity contribution in [2.24, 2.45) is 0 Å². The minimum Gasteiger partial charge on any atom is -0.508 e. The lowest BCUT2D eigenvalue weighted by Crippen LogP contribution is -2.02. The molecule has 0 fully saturated rings. The summed E-state index contributed by atoms with van der Waals surface area (Å²) in [5, 5.41) is 9.35. The van der Waals surface area contributed by atoms with Crippen molar-refractivity contribution in [3.63, 3.8) is 0 Å². The molecule has 116 valence electrons. The predicted molar refractivity (Wildman–Crippen MR) is 89.8 cm³/mol. The average molecular weight is 326 g/mol. The fraction of sp³-hybridized carbons (Fsp3) is 0. The molecule has 0 aliphatic carbocycles. The molecule has 1 N–H and O–H groups in total. The third kappa shape index (κ3) is 4.63. The molecule has 0 bridgehead atoms. The largest absolute Gasteiger partial charge is 0.530 e. The van der Waals surface area contributed by atoms with E-state index in [4.69, 9.17) is 13.6 Å². The van der Waals surface area contributed by atoms with Gasteiger partial charge in [0, 0.05) is 0 Å². The van der Waals surface area contributed by atoms with Gasteiger partial charge < -0.3 is 18.7 Å². The van der Waals surface area contributed by atoms with Gasteiger partial charge in [0.2, 0.25) is 0 Å². The first-order valence-corrected chi connectivity index (χ1v) is 8.12. The van der Waals surface area contributed by atoms with Crippen LogP contribution < -0.4 is 13.6 Å². The minimum atomic E-state index is -1.68. The molecule has 3 aromatic carbocycles. The summed E-state index contributed by atoms with van der Waals surface area (Å²) in [5.41, 5.74) is 0. The van der Waals surface area contributed by atoms with E-state index >= 15 is 0 Å². The van der Waals surface area contributed by atoms with Crippen LogP contribution in [0.4, 0.5) is 0 Å². The third-order valence-electron chi connectivity index (χ3n) is 2.86. The van der Waals surface area contributed by atoms with Gasteiger partial charge in [-0.25, -0.2) is 0 Å². The van der Waals surface area contributed by atoms with Gasteiger partial charge in [-0.2, -0.15) is 0 Å². The number of hydrogen-bond acceptors (Lipinski definition) is 4. The molecule has 0 radical (unpaired) electrons. The van der Waals surface area contributed by atoms with Gasteiger partial charge in [0.05, 0.1) is 0 Å². The lowest BCUT2D eigenvalue weighted by Gasteiger charge is -2.17. The minimum absolute atomic E-state index is 0.176. The lowest BCUT2D eigenvalue weighted by atomic mass is 10.3. The lowest BCUT2D eigenvalue weighted by molar-refractivity contribution is 0.387. The third-order valence-corrected chi connectivity index (χ3v) is 3.94. The van der Waals surface area contributed by atoms with Crippen molar-refractivity contribution >= 4 is 8.60 Å². The van der Waals surface area contributed by atoms with Gasteiger partial charge >= 0.3 is 8.60 Å². The predicted octanol–water partition coefficient (Wildman–Crippen LogP) is 5.16. The molecule has 23 heavy (non-hydrogen) atoms. The number of phenols is 1. The summed E-state index contributed by atoms with van der Waals surface area (Å²) < 4.78 is 17.4. The summed E-state index contributed by atoms with van der Waals surface area (Å²) in [6.45, 7) is 0. The molecule has 0 heterocycles. The molecule has 0 amide bonds. The highest BCUT2D eigenvalue weighted by Crippen LogP contribution is 2.42. The molecule has 5 heteroatoms. The Balaban J connectivity index is 1.76. The van der Waals surface area contributed by atoms with Crippen molar-refractivity contribution in [1.29, 1.82) is 0 Å². The Bertz CT molecular complexity index is 676.